The van der Waals surface area contributed by atoms with Crippen LogP contribution in [0.2, 0.25) is 0 Å². The van der Waals surface area contributed by atoms with Crippen molar-refractivity contribution in [3.05, 3.63) is 22.2 Å². The summed E-state index contributed by atoms with van der Waals surface area (Å²) in [6.45, 7) is 4.60. The summed E-state index contributed by atoms with van der Waals surface area (Å²) in [7, 11) is 1.64. The van der Waals surface area contributed by atoms with Gasteiger partial charge in [-0.1, -0.05) is 0 Å². The molecule has 0 aliphatic rings. The third kappa shape index (κ3) is 5.69. The highest BCUT2D eigenvalue weighted by Crippen LogP contribution is 2.36. The predicted molar refractivity (Wildman–Crippen MR) is 84.5 cm³/mol. The molecule has 0 saturated heterocycles. The molecule has 0 atom stereocenters. The standard InChI is InChI=1S/C15H24BrNO3/c1-3-20-14-10-12(9-13(16)15(14)19-2)11-17-7-5-4-6-8-18/h9-10,17-18H,3-8,11H2,1-2H3. The van der Waals surface area contributed by atoms with Gasteiger partial charge in [-0.15, -0.1) is 0 Å². The van der Waals surface area contributed by atoms with Gasteiger partial charge in [0, 0.05) is 13.2 Å². The highest BCUT2D eigenvalue weighted by Gasteiger charge is 2.10. The van der Waals surface area contributed by atoms with E-state index in [1.807, 2.05) is 19.1 Å². The minimum Gasteiger partial charge on any atom is -0.492 e. The van der Waals surface area contributed by atoms with Crippen LogP contribution in [-0.2, 0) is 6.54 Å². The quantitative estimate of drug-likeness (QED) is 0.639. The van der Waals surface area contributed by atoms with Gasteiger partial charge in [0.25, 0.3) is 0 Å². The number of halogens is 1. The maximum Gasteiger partial charge on any atom is 0.174 e. The van der Waals surface area contributed by atoms with Gasteiger partial charge in [0.05, 0.1) is 18.2 Å². The lowest BCUT2D eigenvalue weighted by atomic mass is 10.2. The fourth-order valence-corrected chi connectivity index (χ4v) is 2.61. The minimum absolute atomic E-state index is 0.281. The summed E-state index contributed by atoms with van der Waals surface area (Å²) in [5.74, 6) is 1.50. The van der Waals surface area contributed by atoms with Crippen molar-refractivity contribution in [2.75, 3.05) is 26.9 Å². The average Bonchev–Trinajstić information content (AvgIpc) is 2.43. The minimum atomic E-state index is 0.281. The second-order valence-electron chi connectivity index (χ2n) is 4.50. The number of unbranched alkanes of at least 4 members (excludes halogenated alkanes) is 2. The summed E-state index contributed by atoms with van der Waals surface area (Å²) in [6, 6.07) is 4.05. The van der Waals surface area contributed by atoms with Crippen LogP contribution in [0.15, 0.2) is 16.6 Å². The first-order valence-corrected chi connectivity index (χ1v) is 7.83. The third-order valence-corrected chi connectivity index (χ3v) is 3.50. The summed E-state index contributed by atoms with van der Waals surface area (Å²) in [5.41, 5.74) is 1.16. The molecule has 0 amide bonds. The normalized spacial score (nSPS) is 10.6. The molecule has 0 bridgehead atoms. The van der Waals surface area contributed by atoms with Crippen molar-refractivity contribution in [2.24, 2.45) is 0 Å². The second-order valence-corrected chi connectivity index (χ2v) is 5.36. The van der Waals surface area contributed by atoms with E-state index in [4.69, 9.17) is 14.6 Å². The molecule has 1 rings (SSSR count). The van der Waals surface area contributed by atoms with E-state index in [9.17, 15) is 0 Å². The van der Waals surface area contributed by atoms with Crippen LogP contribution < -0.4 is 14.8 Å². The van der Waals surface area contributed by atoms with Gasteiger partial charge in [-0.2, -0.15) is 0 Å². The topological polar surface area (TPSA) is 50.7 Å². The molecule has 0 fully saturated rings. The Labute approximate surface area is 129 Å². The van der Waals surface area contributed by atoms with Crippen molar-refractivity contribution in [1.82, 2.24) is 5.32 Å². The first kappa shape index (κ1) is 17.3. The van der Waals surface area contributed by atoms with Crippen LogP contribution in [0.1, 0.15) is 31.7 Å². The Balaban J connectivity index is 2.53. The first-order chi connectivity index (χ1) is 9.72. The summed E-state index contributed by atoms with van der Waals surface area (Å²) in [6.07, 6.45) is 3.01. The van der Waals surface area contributed by atoms with Crippen LogP contribution in [0.25, 0.3) is 0 Å². The number of ether oxygens (including phenoxy) is 2. The molecule has 0 aromatic heterocycles. The molecule has 114 valence electrons. The fraction of sp³-hybridized carbons (Fsp3) is 0.600. The Morgan fingerprint density at radius 3 is 2.70 bits per heavy atom. The first-order valence-electron chi connectivity index (χ1n) is 7.03. The zero-order valence-corrected chi connectivity index (χ0v) is 13.8. The number of aliphatic hydroxyl groups excluding tert-OH is 1. The van der Waals surface area contributed by atoms with Crippen LogP contribution in [-0.4, -0.2) is 32.0 Å². The van der Waals surface area contributed by atoms with Gasteiger partial charge in [-0.05, 0) is 66.4 Å². The monoisotopic (exact) mass is 345 g/mol. The highest BCUT2D eigenvalue weighted by molar-refractivity contribution is 9.10. The van der Waals surface area contributed by atoms with Gasteiger partial charge in [-0.3, -0.25) is 0 Å². The summed E-state index contributed by atoms with van der Waals surface area (Å²) in [4.78, 5) is 0. The van der Waals surface area contributed by atoms with Gasteiger partial charge < -0.3 is 19.9 Å². The van der Waals surface area contributed by atoms with Crippen molar-refractivity contribution >= 4 is 15.9 Å². The molecular weight excluding hydrogens is 322 g/mol. The van der Waals surface area contributed by atoms with Crippen LogP contribution in [0.4, 0.5) is 0 Å². The SMILES string of the molecule is CCOc1cc(CNCCCCCO)cc(Br)c1OC. The van der Waals surface area contributed by atoms with Crippen molar-refractivity contribution in [1.29, 1.82) is 0 Å². The molecule has 0 heterocycles. The van der Waals surface area contributed by atoms with E-state index < -0.39 is 0 Å². The largest absolute Gasteiger partial charge is 0.492 e. The molecule has 1 aromatic carbocycles. The van der Waals surface area contributed by atoms with Crippen LogP contribution in [0.3, 0.4) is 0 Å². The van der Waals surface area contributed by atoms with Gasteiger partial charge in [-0.25, -0.2) is 0 Å². The van der Waals surface area contributed by atoms with Crippen molar-refractivity contribution < 1.29 is 14.6 Å². The Hall–Kier alpha value is -0.780. The molecule has 1 aromatic rings. The molecule has 0 unspecified atom stereocenters. The molecular formula is C15H24BrNO3. The van der Waals surface area contributed by atoms with Crippen LogP contribution >= 0.6 is 15.9 Å². The van der Waals surface area contributed by atoms with Gasteiger partial charge in [0.1, 0.15) is 0 Å². The predicted octanol–water partition coefficient (Wildman–Crippen LogP) is 3.11. The van der Waals surface area contributed by atoms with Crippen LogP contribution in [0, 0.1) is 0 Å². The van der Waals surface area contributed by atoms with E-state index >= 15 is 0 Å². The Kier molecular flexibility index (Phi) is 8.65. The smallest absolute Gasteiger partial charge is 0.174 e. The number of benzene rings is 1. The molecule has 4 nitrogen and oxygen atoms in total. The number of rotatable bonds is 10. The Morgan fingerprint density at radius 1 is 1.25 bits per heavy atom. The van der Waals surface area contributed by atoms with Gasteiger partial charge in [0.2, 0.25) is 0 Å². The zero-order chi connectivity index (χ0) is 14.8. The number of nitrogens with one attached hydrogen (secondary N) is 1. The molecule has 2 N–H and O–H groups in total. The van der Waals surface area contributed by atoms with Crippen molar-refractivity contribution in [2.45, 2.75) is 32.7 Å². The lowest BCUT2D eigenvalue weighted by Gasteiger charge is -2.13. The lowest BCUT2D eigenvalue weighted by Crippen LogP contribution is -2.15. The molecule has 0 saturated carbocycles. The zero-order valence-electron chi connectivity index (χ0n) is 12.2. The lowest BCUT2D eigenvalue weighted by molar-refractivity contribution is 0.283. The highest BCUT2D eigenvalue weighted by atomic mass is 79.9. The third-order valence-electron chi connectivity index (χ3n) is 2.91. The summed E-state index contributed by atoms with van der Waals surface area (Å²) in [5, 5.41) is 12.1. The summed E-state index contributed by atoms with van der Waals surface area (Å²) < 4.78 is 11.8. The van der Waals surface area contributed by atoms with E-state index in [-0.39, 0.29) is 6.61 Å². The van der Waals surface area contributed by atoms with Gasteiger partial charge in [0.15, 0.2) is 11.5 Å². The molecule has 0 radical (unpaired) electrons. The number of methoxy groups -OCH3 is 1. The Morgan fingerprint density at radius 2 is 2.05 bits per heavy atom. The second kappa shape index (κ2) is 10.0. The molecule has 5 heteroatoms. The molecule has 20 heavy (non-hydrogen) atoms. The van der Waals surface area contributed by atoms with Crippen molar-refractivity contribution in [3.8, 4) is 11.5 Å². The van der Waals surface area contributed by atoms with E-state index in [0.29, 0.717) is 6.61 Å². The maximum atomic E-state index is 8.71. The number of hydrogen-bond donors (Lipinski definition) is 2. The molecule has 0 spiro atoms. The van der Waals surface area contributed by atoms with E-state index in [1.165, 1.54) is 0 Å². The van der Waals surface area contributed by atoms with Crippen molar-refractivity contribution in [3.63, 3.8) is 0 Å². The van der Waals surface area contributed by atoms with E-state index in [0.717, 1.165) is 53.9 Å². The molecule has 0 aliphatic carbocycles. The number of hydrogen-bond acceptors (Lipinski definition) is 4. The summed E-state index contributed by atoms with van der Waals surface area (Å²) >= 11 is 3.51. The van der Waals surface area contributed by atoms with E-state index in [1.54, 1.807) is 7.11 Å². The average molecular weight is 346 g/mol. The van der Waals surface area contributed by atoms with Gasteiger partial charge >= 0.3 is 0 Å². The fourth-order valence-electron chi connectivity index (χ4n) is 1.96. The van der Waals surface area contributed by atoms with E-state index in [2.05, 4.69) is 21.2 Å². The Bertz CT molecular complexity index is 399. The molecule has 0 aliphatic heterocycles. The maximum absolute atomic E-state index is 8.71. The number of aliphatic hydroxyl groups is 1. The van der Waals surface area contributed by atoms with Crippen LogP contribution in [0.5, 0.6) is 11.5 Å².